The number of nitrogens with zero attached hydrogens (tertiary/aromatic N) is 4. The average Bonchev–Trinajstić information content (AvgIpc) is 3.27. The van der Waals surface area contributed by atoms with Crippen molar-refractivity contribution >= 4 is 21.4 Å². The molecule has 4 rings (SSSR count). The summed E-state index contributed by atoms with van der Waals surface area (Å²) in [7, 11) is 0. The molecule has 142 valence electrons. The first-order valence-corrected chi connectivity index (χ1v) is 11.2. The molecule has 0 bridgehead atoms. The molecule has 3 heterocycles. The van der Waals surface area contributed by atoms with Crippen LogP contribution >= 0.6 is 11.3 Å². The average molecular weight is 375 g/mol. The molecule has 0 N–H and O–H groups in total. The van der Waals surface area contributed by atoms with Crippen LogP contribution in [-0.2, 0) is 6.42 Å². The van der Waals surface area contributed by atoms with Gasteiger partial charge in [-0.3, -0.25) is 4.79 Å². The predicted molar refractivity (Wildman–Crippen MR) is 107 cm³/mol. The van der Waals surface area contributed by atoms with Crippen LogP contribution in [0.3, 0.4) is 0 Å². The monoisotopic (exact) mass is 374 g/mol. The van der Waals surface area contributed by atoms with Gasteiger partial charge in [-0.05, 0) is 38.0 Å². The summed E-state index contributed by atoms with van der Waals surface area (Å²) >= 11 is 1.58. The minimum Gasteiger partial charge on any atom is -0.344 e. The van der Waals surface area contributed by atoms with Crippen molar-refractivity contribution in [3.05, 3.63) is 22.1 Å². The number of hydrogen-bond acceptors (Lipinski definition) is 5. The lowest BCUT2D eigenvalue weighted by Crippen LogP contribution is -2.30. The van der Waals surface area contributed by atoms with Crippen LogP contribution in [0.5, 0.6) is 0 Å². The first kappa shape index (κ1) is 18.0. The van der Waals surface area contributed by atoms with E-state index < -0.39 is 0 Å². The zero-order chi connectivity index (χ0) is 17.9. The van der Waals surface area contributed by atoms with Gasteiger partial charge in [-0.1, -0.05) is 56.8 Å². The minimum absolute atomic E-state index is 0.0427. The highest BCUT2D eigenvalue weighted by Gasteiger charge is 2.28. The van der Waals surface area contributed by atoms with Crippen LogP contribution in [0.4, 0.5) is 5.13 Å². The molecule has 1 atom stereocenters. The fourth-order valence-electron chi connectivity index (χ4n) is 4.64. The quantitative estimate of drug-likeness (QED) is 0.750. The van der Waals surface area contributed by atoms with Crippen LogP contribution in [0.1, 0.15) is 76.8 Å². The van der Waals surface area contributed by atoms with E-state index in [2.05, 4.69) is 21.9 Å². The third-order valence-electron chi connectivity index (χ3n) is 6.05. The van der Waals surface area contributed by atoms with Crippen molar-refractivity contribution in [1.82, 2.24) is 14.6 Å². The van der Waals surface area contributed by atoms with Gasteiger partial charge in [0.05, 0.1) is 0 Å². The van der Waals surface area contributed by atoms with E-state index in [9.17, 15) is 4.79 Å². The van der Waals surface area contributed by atoms with Gasteiger partial charge in [-0.15, -0.1) is 5.10 Å². The standard InChI is InChI=1S/C20H30N4OS/c1-2-7-16-14-18(25)24-19(21-16)26-20(22-24)23-13-6-10-17(23)12-11-15-8-4-3-5-9-15/h14-15,17H,2-13H2,1H3. The van der Waals surface area contributed by atoms with E-state index in [1.54, 1.807) is 17.4 Å². The number of aromatic nitrogens is 3. The van der Waals surface area contributed by atoms with E-state index in [-0.39, 0.29) is 5.56 Å². The SMILES string of the molecule is CCCc1cc(=O)n2nc(N3CCCC3CCC3CCCCC3)sc2n1. The fraction of sp³-hybridized carbons (Fsp3) is 0.750. The van der Waals surface area contributed by atoms with Gasteiger partial charge >= 0.3 is 0 Å². The number of rotatable bonds is 6. The maximum atomic E-state index is 12.4. The first-order chi connectivity index (χ1) is 12.7. The molecular weight excluding hydrogens is 344 g/mol. The summed E-state index contributed by atoms with van der Waals surface area (Å²) in [6.07, 6.45) is 14.1. The Balaban J connectivity index is 1.49. The zero-order valence-electron chi connectivity index (χ0n) is 15.8. The topological polar surface area (TPSA) is 50.5 Å². The van der Waals surface area contributed by atoms with Gasteiger partial charge in [-0.2, -0.15) is 4.52 Å². The minimum atomic E-state index is -0.0427. The van der Waals surface area contributed by atoms with Crippen LogP contribution in [0.25, 0.3) is 4.96 Å². The highest BCUT2D eigenvalue weighted by molar-refractivity contribution is 7.20. The Morgan fingerprint density at radius 2 is 2.00 bits per heavy atom. The maximum absolute atomic E-state index is 12.4. The molecule has 1 aliphatic carbocycles. The van der Waals surface area contributed by atoms with Crippen LogP contribution in [0.2, 0.25) is 0 Å². The summed E-state index contributed by atoms with van der Waals surface area (Å²) < 4.78 is 1.50. The molecule has 1 aliphatic heterocycles. The Labute approximate surface area is 159 Å². The molecule has 1 saturated carbocycles. The number of fused-ring (bicyclic) bond motifs is 1. The highest BCUT2D eigenvalue weighted by atomic mass is 32.1. The lowest BCUT2D eigenvalue weighted by atomic mass is 9.85. The van der Waals surface area contributed by atoms with E-state index in [4.69, 9.17) is 0 Å². The van der Waals surface area contributed by atoms with E-state index >= 15 is 0 Å². The normalized spacial score (nSPS) is 21.7. The lowest BCUT2D eigenvalue weighted by molar-refractivity contribution is 0.323. The summed E-state index contributed by atoms with van der Waals surface area (Å²) in [5.41, 5.74) is 0.849. The summed E-state index contributed by atoms with van der Waals surface area (Å²) in [4.78, 5) is 20.2. The van der Waals surface area contributed by atoms with Crippen molar-refractivity contribution in [2.24, 2.45) is 5.92 Å². The predicted octanol–water partition coefficient (Wildman–Crippen LogP) is 4.43. The molecule has 2 aliphatic rings. The molecule has 26 heavy (non-hydrogen) atoms. The second-order valence-electron chi connectivity index (χ2n) is 7.99. The third kappa shape index (κ3) is 3.80. The van der Waals surface area contributed by atoms with Crippen molar-refractivity contribution in [1.29, 1.82) is 0 Å². The van der Waals surface area contributed by atoms with Crippen LogP contribution in [0.15, 0.2) is 10.9 Å². The van der Waals surface area contributed by atoms with Gasteiger partial charge in [0.2, 0.25) is 10.1 Å². The molecule has 2 fully saturated rings. The van der Waals surface area contributed by atoms with E-state index in [0.29, 0.717) is 6.04 Å². The summed E-state index contributed by atoms with van der Waals surface area (Å²) in [6, 6.07) is 2.23. The fourth-order valence-corrected chi connectivity index (χ4v) is 5.66. The number of anilines is 1. The second kappa shape index (κ2) is 8.07. The van der Waals surface area contributed by atoms with Gasteiger partial charge in [0.15, 0.2) is 0 Å². The molecule has 2 aromatic heterocycles. The Morgan fingerprint density at radius 1 is 1.15 bits per heavy atom. The van der Waals surface area contributed by atoms with Crippen LogP contribution in [0, 0.1) is 5.92 Å². The second-order valence-corrected chi connectivity index (χ2v) is 8.92. The number of aryl methyl sites for hydroxylation is 1. The molecule has 2 aromatic rings. The molecule has 0 aromatic carbocycles. The Kier molecular flexibility index (Phi) is 5.57. The molecule has 6 heteroatoms. The molecule has 0 spiro atoms. The van der Waals surface area contributed by atoms with Gasteiger partial charge in [-0.25, -0.2) is 4.98 Å². The summed E-state index contributed by atoms with van der Waals surface area (Å²) in [5.74, 6) is 0.933. The van der Waals surface area contributed by atoms with Crippen LogP contribution in [-0.4, -0.2) is 27.2 Å². The molecule has 0 amide bonds. The van der Waals surface area contributed by atoms with E-state index in [1.807, 2.05) is 0 Å². The Morgan fingerprint density at radius 3 is 2.81 bits per heavy atom. The molecule has 0 radical (unpaired) electrons. The Bertz CT molecular complexity index is 793. The van der Waals surface area contributed by atoms with Gasteiger partial charge in [0.25, 0.3) is 5.56 Å². The van der Waals surface area contributed by atoms with Crippen molar-refractivity contribution in [2.45, 2.75) is 83.6 Å². The largest absolute Gasteiger partial charge is 0.344 e. The number of hydrogen-bond donors (Lipinski definition) is 0. The van der Waals surface area contributed by atoms with E-state index in [1.165, 1.54) is 62.3 Å². The zero-order valence-corrected chi connectivity index (χ0v) is 16.6. The van der Waals surface area contributed by atoms with E-state index in [0.717, 1.165) is 41.1 Å². The molecule has 1 unspecified atom stereocenters. The lowest BCUT2D eigenvalue weighted by Gasteiger charge is -2.27. The molecule has 5 nitrogen and oxygen atoms in total. The van der Waals surface area contributed by atoms with Crippen molar-refractivity contribution in [3.8, 4) is 0 Å². The molecular formula is C20H30N4OS. The highest BCUT2D eigenvalue weighted by Crippen LogP contribution is 2.34. The van der Waals surface area contributed by atoms with Crippen molar-refractivity contribution in [2.75, 3.05) is 11.4 Å². The van der Waals surface area contributed by atoms with Crippen molar-refractivity contribution in [3.63, 3.8) is 0 Å². The summed E-state index contributed by atoms with van der Waals surface area (Å²) in [6.45, 7) is 3.18. The van der Waals surface area contributed by atoms with Crippen molar-refractivity contribution < 1.29 is 0 Å². The maximum Gasteiger partial charge on any atom is 0.275 e. The van der Waals surface area contributed by atoms with Crippen LogP contribution < -0.4 is 10.5 Å². The summed E-state index contributed by atoms with van der Waals surface area (Å²) in [5, 5.41) is 5.61. The van der Waals surface area contributed by atoms with Gasteiger partial charge in [0.1, 0.15) is 0 Å². The first-order valence-electron chi connectivity index (χ1n) is 10.4. The Hall–Kier alpha value is -1.43. The molecule has 1 saturated heterocycles. The third-order valence-corrected chi connectivity index (χ3v) is 6.99. The van der Waals surface area contributed by atoms with Gasteiger partial charge in [0, 0.05) is 24.3 Å². The van der Waals surface area contributed by atoms with Gasteiger partial charge < -0.3 is 4.90 Å². The smallest absolute Gasteiger partial charge is 0.275 e.